The first-order chi connectivity index (χ1) is 16.7. The Morgan fingerprint density at radius 1 is 1.09 bits per heavy atom. The summed E-state index contributed by atoms with van der Waals surface area (Å²) < 4.78 is 14.3. The number of hydrogen-bond donors (Lipinski definition) is 2. The second-order valence-electron chi connectivity index (χ2n) is 8.40. The number of aryl methyl sites for hydroxylation is 1. The molecule has 3 heterocycles. The number of hydrogen-bond acceptors (Lipinski definition) is 5. The minimum Gasteiger partial charge on any atom is -0.490 e. The van der Waals surface area contributed by atoms with Crippen molar-refractivity contribution in [3.05, 3.63) is 77.3 Å². The first-order valence-electron chi connectivity index (χ1n) is 11.8. The Morgan fingerprint density at radius 3 is 2.76 bits per heavy atom. The molecular weight excluding hydrogens is 446 g/mol. The lowest BCUT2D eigenvalue weighted by molar-refractivity contribution is 0.101. The molecule has 1 fully saturated rings. The lowest BCUT2D eigenvalue weighted by atomic mass is 10.1. The maximum absolute atomic E-state index is 13.1. The molecule has 0 bridgehead atoms. The van der Waals surface area contributed by atoms with Crippen molar-refractivity contribution < 1.29 is 14.3 Å². The van der Waals surface area contributed by atoms with E-state index in [9.17, 15) is 4.79 Å². The molecule has 0 aliphatic carbocycles. The van der Waals surface area contributed by atoms with E-state index in [4.69, 9.17) is 9.47 Å². The molecule has 0 atom stereocenters. The molecule has 1 aliphatic rings. The van der Waals surface area contributed by atoms with Crippen molar-refractivity contribution in [2.24, 2.45) is 0 Å². The van der Waals surface area contributed by atoms with Crippen LogP contribution in [-0.4, -0.2) is 29.7 Å². The van der Waals surface area contributed by atoms with E-state index in [0.717, 1.165) is 65.4 Å². The van der Waals surface area contributed by atoms with E-state index < -0.39 is 0 Å². The number of aromatic nitrogens is 1. The third-order valence-corrected chi connectivity index (χ3v) is 7.06. The van der Waals surface area contributed by atoms with Crippen molar-refractivity contribution in [3.63, 3.8) is 0 Å². The van der Waals surface area contributed by atoms with Gasteiger partial charge < -0.3 is 24.7 Å². The Bertz CT molecular complexity index is 1270. The fourth-order valence-corrected chi connectivity index (χ4v) is 5.30. The van der Waals surface area contributed by atoms with Crippen molar-refractivity contribution >= 4 is 33.1 Å². The molecular formula is C27H29N3O3S. The minimum atomic E-state index is -0.116. The molecule has 1 aliphatic heterocycles. The predicted molar refractivity (Wildman–Crippen MR) is 137 cm³/mol. The summed E-state index contributed by atoms with van der Waals surface area (Å²) in [5.74, 6) is 1.45. The number of rotatable bonds is 8. The van der Waals surface area contributed by atoms with Crippen LogP contribution in [0.5, 0.6) is 11.5 Å². The zero-order chi connectivity index (χ0) is 23.3. The summed E-state index contributed by atoms with van der Waals surface area (Å²) in [5, 5.41) is 9.59. The maximum atomic E-state index is 13.1. The average molecular weight is 476 g/mol. The van der Waals surface area contributed by atoms with Crippen molar-refractivity contribution in [1.29, 1.82) is 0 Å². The highest BCUT2D eigenvalue weighted by atomic mass is 32.1. The van der Waals surface area contributed by atoms with Gasteiger partial charge in [0, 0.05) is 29.2 Å². The number of nitrogens with one attached hydrogen (secondary N) is 2. The first kappa shape index (κ1) is 22.5. The fraction of sp³-hybridized carbons (Fsp3) is 0.296. The highest BCUT2D eigenvalue weighted by Gasteiger charge is 2.17. The molecule has 4 aromatic rings. The van der Waals surface area contributed by atoms with Gasteiger partial charge in [-0.15, -0.1) is 11.3 Å². The van der Waals surface area contributed by atoms with Crippen molar-refractivity contribution in [3.8, 4) is 11.5 Å². The number of anilines is 1. The summed E-state index contributed by atoms with van der Waals surface area (Å²) in [6, 6.07) is 19.5. The van der Waals surface area contributed by atoms with Crippen LogP contribution in [0.3, 0.4) is 0 Å². The largest absolute Gasteiger partial charge is 0.490 e. The Balaban J connectivity index is 1.27. The van der Waals surface area contributed by atoms with Crippen molar-refractivity contribution in [2.45, 2.75) is 39.0 Å². The maximum Gasteiger partial charge on any atom is 0.272 e. The molecule has 2 aromatic heterocycles. The molecule has 1 amide bonds. The van der Waals surface area contributed by atoms with Crippen LogP contribution in [0, 0.1) is 0 Å². The molecule has 0 saturated carbocycles. The summed E-state index contributed by atoms with van der Waals surface area (Å²) >= 11 is 1.65. The van der Waals surface area contributed by atoms with Gasteiger partial charge in [0.15, 0.2) is 0 Å². The van der Waals surface area contributed by atoms with Crippen LogP contribution in [0.15, 0.2) is 66.0 Å². The number of amides is 1. The van der Waals surface area contributed by atoms with E-state index in [1.165, 1.54) is 0 Å². The van der Waals surface area contributed by atoms with Crippen LogP contribution >= 0.6 is 11.3 Å². The number of carbonyl (C=O) groups excluding carboxylic acids is 1. The second-order valence-corrected chi connectivity index (χ2v) is 9.29. The Morgan fingerprint density at radius 2 is 1.91 bits per heavy atom. The quantitative estimate of drug-likeness (QED) is 0.344. The van der Waals surface area contributed by atoms with Crippen LogP contribution in [0.1, 0.15) is 35.8 Å². The molecule has 0 radical (unpaired) electrons. The number of fused-ring (bicyclic) bond motifs is 1. The van der Waals surface area contributed by atoms with Gasteiger partial charge in [-0.1, -0.05) is 24.3 Å². The summed E-state index contributed by atoms with van der Waals surface area (Å²) in [7, 11) is 0. The molecule has 6 nitrogen and oxygen atoms in total. The normalized spacial score (nSPS) is 14.3. The summed E-state index contributed by atoms with van der Waals surface area (Å²) in [6.45, 7) is 5.13. The van der Waals surface area contributed by atoms with Gasteiger partial charge in [0.1, 0.15) is 34.7 Å². The number of carbonyl (C=O) groups is 1. The molecule has 0 unspecified atom stereocenters. The number of piperidine rings is 1. The molecule has 34 heavy (non-hydrogen) atoms. The van der Waals surface area contributed by atoms with Gasteiger partial charge in [0.25, 0.3) is 5.91 Å². The molecule has 0 spiro atoms. The van der Waals surface area contributed by atoms with Gasteiger partial charge >= 0.3 is 0 Å². The van der Waals surface area contributed by atoms with Crippen LogP contribution in [0.2, 0.25) is 0 Å². The molecule has 5 rings (SSSR count). The highest BCUT2D eigenvalue weighted by Crippen LogP contribution is 2.27. The topological polar surface area (TPSA) is 64.5 Å². The predicted octanol–water partition coefficient (Wildman–Crippen LogP) is 5.68. The monoisotopic (exact) mass is 475 g/mol. The Hall–Kier alpha value is -3.29. The molecule has 7 heteroatoms. The second kappa shape index (κ2) is 10.3. The average Bonchev–Trinajstić information content (AvgIpc) is 3.46. The number of benzene rings is 2. The smallest absolute Gasteiger partial charge is 0.272 e. The molecule has 1 saturated heterocycles. The summed E-state index contributed by atoms with van der Waals surface area (Å²) in [5.41, 5.74) is 2.33. The zero-order valence-corrected chi connectivity index (χ0v) is 20.1. The van der Waals surface area contributed by atoms with Crippen molar-refractivity contribution in [2.75, 3.05) is 18.4 Å². The number of nitrogens with zero attached hydrogens (tertiary/aromatic N) is 1. The minimum absolute atomic E-state index is 0.116. The zero-order valence-electron chi connectivity index (χ0n) is 19.3. The van der Waals surface area contributed by atoms with E-state index in [1.807, 2.05) is 60.7 Å². The number of ether oxygens (including phenoxy) is 2. The third-order valence-electron chi connectivity index (χ3n) is 6.11. The Labute approximate surface area is 203 Å². The number of thiophene rings is 1. The Kier molecular flexibility index (Phi) is 6.83. The summed E-state index contributed by atoms with van der Waals surface area (Å²) in [6.07, 6.45) is 2.26. The van der Waals surface area contributed by atoms with Gasteiger partial charge in [-0.2, -0.15) is 0 Å². The van der Waals surface area contributed by atoms with Gasteiger partial charge in [0.2, 0.25) is 0 Å². The molecule has 176 valence electrons. The molecule has 2 aromatic carbocycles. The summed E-state index contributed by atoms with van der Waals surface area (Å²) in [4.78, 5) is 14.3. The molecule has 2 N–H and O–H groups in total. The van der Waals surface area contributed by atoms with Crippen LogP contribution in [0.4, 0.5) is 5.69 Å². The third kappa shape index (κ3) is 4.95. The SMILES string of the molecule is CCn1c(C(=O)Nc2ccccc2COc2cccc(OC3CCNCC3)c2)cc2ccsc21. The van der Waals surface area contributed by atoms with Crippen LogP contribution in [-0.2, 0) is 13.2 Å². The van der Waals surface area contributed by atoms with E-state index in [2.05, 4.69) is 27.5 Å². The van der Waals surface area contributed by atoms with Crippen LogP contribution in [0.25, 0.3) is 10.2 Å². The van der Waals surface area contributed by atoms with E-state index in [0.29, 0.717) is 12.3 Å². The van der Waals surface area contributed by atoms with Gasteiger partial charge in [0.05, 0.1) is 0 Å². The lowest BCUT2D eigenvalue weighted by Crippen LogP contribution is -2.34. The highest BCUT2D eigenvalue weighted by molar-refractivity contribution is 7.16. The first-order valence-corrected chi connectivity index (χ1v) is 12.7. The van der Waals surface area contributed by atoms with E-state index in [1.54, 1.807) is 11.3 Å². The van der Waals surface area contributed by atoms with E-state index in [-0.39, 0.29) is 12.0 Å². The van der Waals surface area contributed by atoms with Crippen LogP contribution < -0.4 is 20.1 Å². The fourth-order valence-electron chi connectivity index (χ4n) is 4.34. The standard InChI is InChI=1S/C27H29N3O3S/c1-2-30-25(16-19-12-15-34-27(19)30)26(31)29-24-9-4-3-6-20(24)18-32-22-7-5-8-23(17-22)33-21-10-13-28-14-11-21/h3-9,12,15-17,21,28H,2,10-11,13-14,18H2,1H3,(H,29,31). The lowest BCUT2D eigenvalue weighted by Gasteiger charge is -2.24. The van der Waals surface area contributed by atoms with Gasteiger partial charge in [-0.3, -0.25) is 4.79 Å². The number of para-hydroxylation sites is 1. The van der Waals surface area contributed by atoms with Crippen molar-refractivity contribution in [1.82, 2.24) is 9.88 Å². The van der Waals surface area contributed by atoms with E-state index >= 15 is 0 Å². The van der Waals surface area contributed by atoms with Gasteiger partial charge in [-0.25, -0.2) is 0 Å². The van der Waals surface area contributed by atoms with Gasteiger partial charge in [-0.05, 0) is 68.6 Å².